The van der Waals surface area contributed by atoms with E-state index in [9.17, 15) is 19.8 Å². The molecule has 1 rings (SSSR count). The molecule has 1 amide bonds. The Bertz CT molecular complexity index is 485. The Balaban J connectivity index is 2.66. The fourth-order valence-corrected chi connectivity index (χ4v) is 3.18. The normalized spacial score (nSPS) is 18.5. The van der Waals surface area contributed by atoms with Crippen LogP contribution in [0.1, 0.15) is 33.6 Å². The van der Waals surface area contributed by atoms with Crippen LogP contribution in [0.15, 0.2) is 0 Å². The Labute approximate surface area is 168 Å². The van der Waals surface area contributed by atoms with Crippen LogP contribution in [0.4, 0.5) is 0 Å². The fraction of sp³-hybridized carbons (Fsp3) is 0.895. The van der Waals surface area contributed by atoms with E-state index in [1.807, 2.05) is 14.7 Å². The molecular formula is C19H38N4O5. The molecule has 164 valence electrons. The summed E-state index contributed by atoms with van der Waals surface area (Å²) in [6.45, 7) is 10.8. The van der Waals surface area contributed by atoms with Gasteiger partial charge in [0.2, 0.25) is 5.91 Å². The molecule has 0 aliphatic carbocycles. The van der Waals surface area contributed by atoms with Crippen LogP contribution >= 0.6 is 0 Å². The minimum absolute atomic E-state index is 0.0362. The predicted octanol–water partition coefficient (Wildman–Crippen LogP) is -0.756. The Kier molecular flexibility index (Phi) is 10.9. The smallest absolute Gasteiger partial charge is 0.317 e. The second-order valence-electron chi connectivity index (χ2n) is 8.02. The monoisotopic (exact) mass is 402 g/mol. The van der Waals surface area contributed by atoms with Gasteiger partial charge in [-0.2, -0.15) is 0 Å². The lowest BCUT2D eigenvalue weighted by Gasteiger charge is -2.28. The molecule has 0 aromatic rings. The second-order valence-corrected chi connectivity index (χ2v) is 8.02. The van der Waals surface area contributed by atoms with Crippen molar-refractivity contribution in [3.63, 3.8) is 0 Å². The van der Waals surface area contributed by atoms with Crippen molar-refractivity contribution in [2.24, 2.45) is 5.41 Å². The summed E-state index contributed by atoms with van der Waals surface area (Å²) in [6.07, 6.45) is 0.554. The minimum Gasteiger partial charge on any atom is -0.480 e. The zero-order valence-corrected chi connectivity index (χ0v) is 17.6. The number of aliphatic hydroxyl groups is 2. The molecule has 1 aliphatic rings. The maximum Gasteiger partial charge on any atom is 0.317 e. The highest BCUT2D eigenvalue weighted by atomic mass is 16.5. The quantitative estimate of drug-likeness (QED) is 0.353. The fourth-order valence-electron chi connectivity index (χ4n) is 3.18. The second kappa shape index (κ2) is 12.3. The third kappa shape index (κ3) is 9.79. The molecule has 0 aromatic carbocycles. The van der Waals surface area contributed by atoms with Gasteiger partial charge in [-0.1, -0.05) is 20.8 Å². The first-order valence-electron chi connectivity index (χ1n) is 10.2. The third-order valence-electron chi connectivity index (χ3n) is 5.76. The van der Waals surface area contributed by atoms with Crippen molar-refractivity contribution >= 4 is 11.9 Å². The van der Waals surface area contributed by atoms with Gasteiger partial charge in [-0.3, -0.25) is 24.3 Å². The van der Waals surface area contributed by atoms with E-state index >= 15 is 0 Å². The van der Waals surface area contributed by atoms with Gasteiger partial charge < -0.3 is 20.6 Å². The summed E-state index contributed by atoms with van der Waals surface area (Å²) in [5.74, 6) is -0.929. The van der Waals surface area contributed by atoms with E-state index in [0.717, 1.165) is 12.8 Å². The molecular weight excluding hydrogens is 364 g/mol. The number of carboxylic acid groups (broad SMARTS) is 1. The van der Waals surface area contributed by atoms with Crippen LogP contribution in [0.5, 0.6) is 0 Å². The number of aliphatic hydroxyl groups excluding tert-OH is 1. The van der Waals surface area contributed by atoms with E-state index in [0.29, 0.717) is 45.8 Å². The molecule has 4 N–H and O–H groups in total. The van der Waals surface area contributed by atoms with Crippen molar-refractivity contribution in [3.8, 4) is 0 Å². The van der Waals surface area contributed by atoms with Crippen molar-refractivity contribution in [1.82, 2.24) is 20.0 Å². The zero-order valence-electron chi connectivity index (χ0n) is 17.6. The number of carboxylic acids is 1. The Morgan fingerprint density at radius 1 is 0.929 bits per heavy atom. The van der Waals surface area contributed by atoms with Crippen molar-refractivity contribution in [2.75, 3.05) is 65.4 Å². The van der Waals surface area contributed by atoms with Gasteiger partial charge in [-0.05, 0) is 18.3 Å². The molecule has 0 saturated carbocycles. The van der Waals surface area contributed by atoms with Gasteiger partial charge in [-0.25, -0.2) is 0 Å². The molecule has 9 heteroatoms. The summed E-state index contributed by atoms with van der Waals surface area (Å²) < 4.78 is 0. The molecule has 0 radical (unpaired) electrons. The van der Waals surface area contributed by atoms with E-state index in [1.54, 1.807) is 0 Å². The topological polar surface area (TPSA) is 117 Å². The van der Waals surface area contributed by atoms with Gasteiger partial charge in [0.05, 0.1) is 13.1 Å². The molecule has 0 unspecified atom stereocenters. The highest BCUT2D eigenvalue weighted by Crippen LogP contribution is 2.23. The molecule has 1 saturated heterocycles. The van der Waals surface area contributed by atoms with Gasteiger partial charge >= 0.3 is 5.97 Å². The molecule has 1 fully saturated rings. The number of carbonyl (C=O) groups is 2. The number of β-amino-alcohol motifs (C(OH)–C–C–N with tert-alkyl or cyclic N) is 2. The highest BCUT2D eigenvalue weighted by molar-refractivity contribution is 5.78. The number of rotatable bonds is 10. The Morgan fingerprint density at radius 3 is 1.82 bits per heavy atom. The molecule has 0 atom stereocenters. The lowest BCUT2D eigenvalue weighted by molar-refractivity contribution is -0.138. The van der Waals surface area contributed by atoms with Crippen LogP contribution in [0.3, 0.4) is 0 Å². The lowest BCUT2D eigenvalue weighted by Crippen LogP contribution is -2.45. The van der Waals surface area contributed by atoms with Crippen molar-refractivity contribution < 1.29 is 24.9 Å². The van der Waals surface area contributed by atoms with Crippen LogP contribution < -0.4 is 5.32 Å². The summed E-state index contributed by atoms with van der Waals surface area (Å²) in [5, 5.41) is 30.7. The first-order valence-corrected chi connectivity index (χ1v) is 10.2. The molecule has 28 heavy (non-hydrogen) atoms. The first-order chi connectivity index (χ1) is 13.2. The highest BCUT2D eigenvalue weighted by Gasteiger charge is 2.23. The summed E-state index contributed by atoms with van der Waals surface area (Å²) >= 11 is 0. The van der Waals surface area contributed by atoms with Gasteiger partial charge in [0.25, 0.3) is 0 Å². The SMILES string of the molecule is CCC(C)(CC)CNC(=O)CN1CCN(CC(=O)O)CCN(CC(O)O)CC1. The van der Waals surface area contributed by atoms with Gasteiger partial charge in [0.1, 0.15) is 0 Å². The zero-order chi connectivity index (χ0) is 21.2. The van der Waals surface area contributed by atoms with Gasteiger partial charge in [-0.15, -0.1) is 0 Å². The van der Waals surface area contributed by atoms with Gasteiger partial charge in [0, 0.05) is 52.4 Å². The van der Waals surface area contributed by atoms with Crippen molar-refractivity contribution in [2.45, 2.75) is 39.9 Å². The minimum atomic E-state index is -1.44. The van der Waals surface area contributed by atoms with E-state index in [1.165, 1.54) is 0 Å². The maximum absolute atomic E-state index is 12.4. The molecule has 1 aliphatic heterocycles. The average Bonchev–Trinajstić information content (AvgIpc) is 2.72. The number of nitrogens with one attached hydrogen (secondary N) is 1. The molecule has 0 bridgehead atoms. The van der Waals surface area contributed by atoms with Crippen LogP contribution in [-0.4, -0.2) is 114 Å². The van der Waals surface area contributed by atoms with Crippen molar-refractivity contribution in [3.05, 3.63) is 0 Å². The lowest BCUT2D eigenvalue weighted by atomic mass is 9.85. The summed E-state index contributed by atoms with van der Waals surface area (Å²) in [5.41, 5.74) is 0.0930. The van der Waals surface area contributed by atoms with Crippen molar-refractivity contribution in [1.29, 1.82) is 0 Å². The maximum atomic E-state index is 12.4. The predicted molar refractivity (Wildman–Crippen MR) is 107 cm³/mol. The van der Waals surface area contributed by atoms with E-state index in [4.69, 9.17) is 5.11 Å². The van der Waals surface area contributed by atoms with Crippen LogP contribution in [0.2, 0.25) is 0 Å². The Hall–Kier alpha value is -1.26. The number of amides is 1. The summed E-state index contributed by atoms with van der Waals surface area (Å²) in [4.78, 5) is 29.2. The third-order valence-corrected chi connectivity index (χ3v) is 5.76. The number of aliphatic carboxylic acids is 1. The largest absolute Gasteiger partial charge is 0.480 e. The van der Waals surface area contributed by atoms with E-state index < -0.39 is 12.3 Å². The van der Waals surface area contributed by atoms with Gasteiger partial charge in [0.15, 0.2) is 6.29 Å². The standard InChI is InChI=1S/C19H38N4O5/c1-4-19(3,5-2)15-20-16(24)12-21-6-8-22(13-17(25)26)10-11-23(9-7-21)14-18(27)28/h17,25-26H,4-15H2,1-3H3,(H,20,24)(H,27,28). The summed E-state index contributed by atoms with van der Waals surface area (Å²) in [6, 6.07) is 0. The van der Waals surface area contributed by atoms with Crippen LogP contribution in [0.25, 0.3) is 0 Å². The van der Waals surface area contributed by atoms with E-state index in [-0.39, 0.29) is 31.0 Å². The average molecular weight is 403 g/mol. The molecule has 9 nitrogen and oxygen atoms in total. The number of nitrogens with zero attached hydrogens (tertiary/aromatic N) is 3. The molecule has 1 heterocycles. The molecule has 0 spiro atoms. The van der Waals surface area contributed by atoms with E-state index in [2.05, 4.69) is 26.1 Å². The van der Waals surface area contributed by atoms with Crippen LogP contribution in [-0.2, 0) is 9.59 Å². The summed E-state index contributed by atoms with van der Waals surface area (Å²) in [7, 11) is 0. The number of carbonyl (C=O) groups excluding carboxylic acids is 1. The Morgan fingerprint density at radius 2 is 1.39 bits per heavy atom. The number of hydrogen-bond acceptors (Lipinski definition) is 7. The van der Waals surface area contributed by atoms with Crippen LogP contribution in [0, 0.1) is 5.41 Å². The number of hydrogen-bond donors (Lipinski definition) is 4. The first kappa shape index (κ1) is 24.8. The molecule has 0 aromatic heterocycles.